The van der Waals surface area contributed by atoms with E-state index in [0.29, 0.717) is 5.02 Å². The number of halogens is 3. The molecule has 31 heavy (non-hydrogen) atoms. The van der Waals surface area contributed by atoms with Gasteiger partial charge in [0.15, 0.2) is 5.82 Å². The van der Waals surface area contributed by atoms with Crippen LogP contribution in [0.15, 0.2) is 54.9 Å². The number of hydrogen-bond acceptors (Lipinski definition) is 4. The highest BCUT2D eigenvalue weighted by Crippen LogP contribution is 2.20. The topological polar surface area (TPSA) is 105 Å². The van der Waals surface area contributed by atoms with Crippen LogP contribution in [0.5, 0.6) is 0 Å². The first-order chi connectivity index (χ1) is 14.8. The predicted octanol–water partition coefficient (Wildman–Crippen LogP) is 2.80. The summed E-state index contributed by atoms with van der Waals surface area (Å²) in [5.41, 5.74) is 0.614. The molecule has 3 aromatic rings. The van der Waals surface area contributed by atoms with Crippen molar-refractivity contribution in [1.82, 2.24) is 20.4 Å². The van der Waals surface area contributed by atoms with Crippen molar-refractivity contribution < 1.29 is 18.8 Å². The van der Waals surface area contributed by atoms with Crippen molar-refractivity contribution >= 4 is 46.6 Å². The normalized spacial score (nSPS) is 10.4. The number of aromatic nitrogens is 2. The van der Waals surface area contributed by atoms with Crippen LogP contribution in [0.1, 0.15) is 10.4 Å². The van der Waals surface area contributed by atoms with Gasteiger partial charge in [-0.15, -0.1) is 0 Å². The quantitative estimate of drug-likeness (QED) is 0.500. The fourth-order valence-electron chi connectivity index (χ4n) is 2.56. The van der Waals surface area contributed by atoms with E-state index in [0.717, 1.165) is 6.07 Å². The van der Waals surface area contributed by atoms with E-state index in [4.69, 9.17) is 23.2 Å². The maximum Gasteiger partial charge on any atom is 0.253 e. The molecule has 0 radical (unpaired) electrons. The van der Waals surface area contributed by atoms with E-state index >= 15 is 0 Å². The van der Waals surface area contributed by atoms with E-state index in [2.05, 4.69) is 21.0 Å². The predicted molar refractivity (Wildman–Crippen MR) is 114 cm³/mol. The minimum Gasteiger partial charge on any atom is -0.345 e. The van der Waals surface area contributed by atoms with E-state index in [1.807, 2.05) is 0 Å². The SMILES string of the molecule is O=C(CNC(=O)c1ccc(Cl)cc1Cl)NCC(=O)Nc1ccc(-n2cccn2)c(F)c1. The molecule has 1 heterocycles. The Morgan fingerprint density at radius 2 is 1.77 bits per heavy atom. The standard InChI is InChI=1S/C20H16Cl2FN5O3/c21-12-2-4-14(15(22)8-12)20(31)25-10-18(29)24-11-19(30)27-13-3-5-17(16(23)9-13)28-7-1-6-26-28/h1-9H,10-11H2,(H,24,29)(H,25,31)(H,27,30). The Morgan fingerprint density at radius 3 is 2.45 bits per heavy atom. The van der Waals surface area contributed by atoms with E-state index in [1.165, 1.54) is 41.2 Å². The van der Waals surface area contributed by atoms with Crippen LogP contribution in [-0.4, -0.2) is 40.6 Å². The fourth-order valence-corrected chi connectivity index (χ4v) is 3.05. The molecule has 0 aliphatic heterocycles. The monoisotopic (exact) mass is 463 g/mol. The van der Waals surface area contributed by atoms with Crippen molar-refractivity contribution in [2.45, 2.75) is 0 Å². The van der Waals surface area contributed by atoms with E-state index in [-0.39, 0.29) is 35.1 Å². The molecule has 0 saturated carbocycles. The number of anilines is 1. The van der Waals surface area contributed by atoms with Crippen molar-refractivity contribution in [2.75, 3.05) is 18.4 Å². The maximum atomic E-state index is 14.2. The van der Waals surface area contributed by atoms with Crippen LogP contribution in [0.2, 0.25) is 10.0 Å². The number of hydrogen-bond donors (Lipinski definition) is 3. The van der Waals surface area contributed by atoms with Gasteiger partial charge in [0.25, 0.3) is 5.91 Å². The second-order valence-corrected chi connectivity index (χ2v) is 7.09. The first-order valence-electron chi connectivity index (χ1n) is 8.93. The van der Waals surface area contributed by atoms with Gasteiger partial charge in [0, 0.05) is 23.1 Å². The number of rotatable bonds is 7. The average Bonchev–Trinajstić information content (AvgIpc) is 3.25. The van der Waals surface area contributed by atoms with E-state index in [1.54, 1.807) is 12.3 Å². The molecular weight excluding hydrogens is 448 g/mol. The molecule has 160 valence electrons. The number of carbonyl (C=O) groups is 3. The summed E-state index contributed by atoms with van der Waals surface area (Å²) in [7, 11) is 0. The third kappa shape index (κ3) is 6.03. The lowest BCUT2D eigenvalue weighted by Gasteiger charge is -2.10. The molecule has 11 heteroatoms. The summed E-state index contributed by atoms with van der Waals surface area (Å²) < 4.78 is 15.6. The lowest BCUT2D eigenvalue weighted by molar-refractivity contribution is -0.123. The Hall–Kier alpha value is -3.43. The third-order valence-corrected chi connectivity index (χ3v) is 4.56. The summed E-state index contributed by atoms with van der Waals surface area (Å²) in [6.45, 7) is -0.725. The maximum absolute atomic E-state index is 14.2. The van der Waals surface area contributed by atoms with Crippen molar-refractivity contribution in [3.05, 3.63) is 76.3 Å². The van der Waals surface area contributed by atoms with Crippen molar-refractivity contribution in [3.8, 4) is 5.69 Å². The number of nitrogens with zero attached hydrogens (tertiary/aromatic N) is 2. The molecule has 8 nitrogen and oxygen atoms in total. The second kappa shape index (κ2) is 10.1. The van der Waals surface area contributed by atoms with Gasteiger partial charge in [-0.05, 0) is 42.5 Å². The molecule has 1 aromatic heterocycles. The summed E-state index contributed by atoms with van der Waals surface area (Å²) in [5, 5.41) is 11.7. The molecule has 0 spiro atoms. The molecule has 0 bridgehead atoms. The molecule has 0 atom stereocenters. The van der Waals surface area contributed by atoms with E-state index in [9.17, 15) is 18.8 Å². The molecular formula is C20H16Cl2FN5O3. The molecule has 0 unspecified atom stereocenters. The van der Waals surface area contributed by atoms with Crippen LogP contribution in [-0.2, 0) is 9.59 Å². The Labute approximate surface area is 186 Å². The van der Waals surface area contributed by atoms with Crippen LogP contribution in [0.25, 0.3) is 5.69 Å². The van der Waals surface area contributed by atoms with Gasteiger partial charge in [0.05, 0.1) is 23.7 Å². The first-order valence-corrected chi connectivity index (χ1v) is 9.68. The highest BCUT2D eigenvalue weighted by Gasteiger charge is 2.13. The van der Waals surface area contributed by atoms with Gasteiger partial charge in [-0.2, -0.15) is 5.10 Å². The summed E-state index contributed by atoms with van der Waals surface area (Å²) >= 11 is 11.7. The smallest absolute Gasteiger partial charge is 0.253 e. The third-order valence-electron chi connectivity index (χ3n) is 4.01. The summed E-state index contributed by atoms with van der Waals surface area (Å²) in [5.74, 6) is -2.29. The van der Waals surface area contributed by atoms with Crippen LogP contribution >= 0.6 is 23.2 Å². The number of benzene rings is 2. The number of carbonyl (C=O) groups excluding carboxylic acids is 3. The minimum absolute atomic E-state index is 0.149. The van der Waals surface area contributed by atoms with Gasteiger partial charge < -0.3 is 16.0 Å². The molecule has 3 rings (SSSR count). The van der Waals surface area contributed by atoms with Gasteiger partial charge >= 0.3 is 0 Å². The zero-order valence-electron chi connectivity index (χ0n) is 15.9. The highest BCUT2D eigenvalue weighted by atomic mass is 35.5. The lowest BCUT2D eigenvalue weighted by Crippen LogP contribution is -2.40. The molecule has 0 aliphatic rings. The molecule has 0 aliphatic carbocycles. The van der Waals surface area contributed by atoms with Crippen LogP contribution in [0.4, 0.5) is 10.1 Å². The Morgan fingerprint density at radius 1 is 1.00 bits per heavy atom. The average molecular weight is 464 g/mol. The molecule has 2 aromatic carbocycles. The van der Waals surface area contributed by atoms with Crippen LogP contribution in [0.3, 0.4) is 0 Å². The fraction of sp³-hybridized carbons (Fsp3) is 0.100. The van der Waals surface area contributed by atoms with Gasteiger partial charge in [-0.25, -0.2) is 9.07 Å². The minimum atomic E-state index is -0.589. The lowest BCUT2D eigenvalue weighted by atomic mass is 10.2. The van der Waals surface area contributed by atoms with Gasteiger partial charge in [-0.3, -0.25) is 14.4 Å². The van der Waals surface area contributed by atoms with Crippen molar-refractivity contribution in [1.29, 1.82) is 0 Å². The Balaban J connectivity index is 1.45. The number of amides is 3. The highest BCUT2D eigenvalue weighted by molar-refractivity contribution is 6.36. The molecule has 0 saturated heterocycles. The van der Waals surface area contributed by atoms with Crippen molar-refractivity contribution in [3.63, 3.8) is 0 Å². The van der Waals surface area contributed by atoms with E-state index < -0.39 is 23.5 Å². The van der Waals surface area contributed by atoms with Gasteiger partial charge in [0.2, 0.25) is 11.8 Å². The Kier molecular flexibility index (Phi) is 7.22. The molecule has 0 fully saturated rings. The zero-order valence-corrected chi connectivity index (χ0v) is 17.4. The summed E-state index contributed by atoms with van der Waals surface area (Å²) in [6.07, 6.45) is 3.11. The van der Waals surface area contributed by atoms with Crippen LogP contribution in [0, 0.1) is 5.82 Å². The van der Waals surface area contributed by atoms with Gasteiger partial charge in [0.1, 0.15) is 5.69 Å². The van der Waals surface area contributed by atoms with Gasteiger partial charge in [-0.1, -0.05) is 23.2 Å². The Bertz CT molecular complexity index is 1120. The summed E-state index contributed by atoms with van der Waals surface area (Å²) in [4.78, 5) is 35.9. The largest absolute Gasteiger partial charge is 0.345 e. The summed E-state index contributed by atoms with van der Waals surface area (Å²) in [6, 6.07) is 10.1. The molecule has 3 N–H and O–H groups in total. The number of nitrogens with one attached hydrogen (secondary N) is 3. The zero-order chi connectivity index (χ0) is 22.4. The second-order valence-electron chi connectivity index (χ2n) is 6.25. The van der Waals surface area contributed by atoms with Crippen LogP contribution < -0.4 is 16.0 Å². The first kappa shape index (κ1) is 22.3. The van der Waals surface area contributed by atoms with Crippen molar-refractivity contribution in [2.24, 2.45) is 0 Å². The molecule has 3 amide bonds.